The zero-order valence-electron chi connectivity index (χ0n) is 14.1. The van der Waals surface area contributed by atoms with E-state index in [1.807, 2.05) is 0 Å². The van der Waals surface area contributed by atoms with Crippen molar-refractivity contribution in [2.75, 3.05) is 25.0 Å². The first kappa shape index (κ1) is 19.7. The number of nitrogens with one attached hydrogen (secondary N) is 1. The monoisotopic (exact) mass is 372 g/mol. The molecule has 2 rings (SSSR count). The van der Waals surface area contributed by atoms with Crippen LogP contribution in [-0.4, -0.2) is 48.6 Å². The summed E-state index contributed by atoms with van der Waals surface area (Å²) >= 11 is 0. The lowest BCUT2D eigenvalue weighted by molar-refractivity contribution is -0.187. The van der Waals surface area contributed by atoms with E-state index in [-0.39, 0.29) is 19.7 Å². The zero-order valence-corrected chi connectivity index (χ0v) is 14.1. The summed E-state index contributed by atoms with van der Waals surface area (Å²) in [5.74, 6) is -3.60. The Labute approximate surface area is 148 Å². The van der Waals surface area contributed by atoms with Crippen LogP contribution in [0.4, 0.5) is 18.9 Å². The van der Waals surface area contributed by atoms with Gasteiger partial charge < -0.3 is 15.0 Å². The van der Waals surface area contributed by atoms with Gasteiger partial charge in [-0.3, -0.25) is 9.59 Å². The lowest BCUT2D eigenvalue weighted by Crippen LogP contribution is -2.48. The van der Waals surface area contributed by atoms with Crippen LogP contribution in [0.15, 0.2) is 24.3 Å². The molecular formula is C17H19F3N2O4. The third-order valence-corrected chi connectivity index (χ3v) is 3.99. The van der Waals surface area contributed by atoms with Crippen molar-refractivity contribution in [1.82, 2.24) is 4.90 Å². The van der Waals surface area contributed by atoms with E-state index in [0.717, 1.165) is 0 Å². The van der Waals surface area contributed by atoms with Gasteiger partial charge in [-0.25, -0.2) is 4.79 Å². The fourth-order valence-electron chi connectivity index (χ4n) is 2.70. The van der Waals surface area contributed by atoms with Gasteiger partial charge in [-0.1, -0.05) is 0 Å². The molecule has 6 nitrogen and oxygen atoms in total. The number of piperidine rings is 1. The maximum atomic E-state index is 12.5. The van der Waals surface area contributed by atoms with E-state index in [4.69, 9.17) is 4.74 Å². The summed E-state index contributed by atoms with van der Waals surface area (Å²) < 4.78 is 42.5. The average Bonchev–Trinajstić information content (AvgIpc) is 2.61. The van der Waals surface area contributed by atoms with Crippen LogP contribution in [0, 0.1) is 5.92 Å². The molecule has 1 aromatic carbocycles. The Morgan fingerprint density at radius 3 is 2.46 bits per heavy atom. The van der Waals surface area contributed by atoms with Crippen molar-refractivity contribution < 1.29 is 32.3 Å². The third kappa shape index (κ3) is 4.96. The SMILES string of the molecule is CCOC(=O)c1ccc(NC(=O)C2CCCN(C(=O)C(F)(F)F)C2)cc1. The molecule has 9 heteroatoms. The Morgan fingerprint density at radius 1 is 1.23 bits per heavy atom. The van der Waals surface area contributed by atoms with E-state index in [1.165, 1.54) is 24.3 Å². The van der Waals surface area contributed by atoms with Crippen LogP contribution in [0.25, 0.3) is 0 Å². The molecule has 1 aliphatic rings. The highest BCUT2D eigenvalue weighted by Crippen LogP contribution is 2.24. The lowest BCUT2D eigenvalue weighted by Gasteiger charge is -2.32. The fraction of sp³-hybridized carbons (Fsp3) is 0.471. The van der Waals surface area contributed by atoms with Gasteiger partial charge in [0, 0.05) is 18.8 Å². The van der Waals surface area contributed by atoms with Crippen molar-refractivity contribution in [2.24, 2.45) is 5.92 Å². The van der Waals surface area contributed by atoms with Crippen molar-refractivity contribution in [3.63, 3.8) is 0 Å². The molecule has 0 spiro atoms. The molecule has 1 heterocycles. The van der Waals surface area contributed by atoms with Gasteiger partial charge in [0.05, 0.1) is 18.1 Å². The molecule has 0 aliphatic carbocycles. The first-order valence-electron chi connectivity index (χ1n) is 8.16. The lowest BCUT2D eigenvalue weighted by atomic mass is 9.97. The van der Waals surface area contributed by atoms with Crippen LogP contribution in [-0.2, 0) is 14.3 Å². The molecule has 142 valence electrons. The predicted octanol–water partition coefficient (Wildman–Crippen LogP) is 2.60. The van der Waals surface area contributed by atoms with Crippen LogP contribution in [0.2, 0.25) is 0 Å². The Balaban J connectivity index is 1.96. The fourth-order valence-corrected chi connectivity index (χ4v) is 2.70. The molecule has 1 aliphatic heterocycles. The topological polar surface area (TPSA) is 75.7 Å². The predicted molar refractivity (Wildman–Crippen MR) is 86.4 cm³/mol. The summed E-state index contributed by atoms with van der Waals surface area (Å²) in [6.45, 7) is 1.64. The van der Waals surface area contributed by atoms with Crippen LogP contribution in [0.3, 0.4) is 0 Å². The first-order chi connectivity index (χ1) is 12.2. The molecule has 2 amide bonds. The molecule has 1 unspecified atom stereocenters. The second kappa shape index (κ2) is 8.20. The Bertz CT molecular complexity index is 674. The van der Waals surface area contributed by atoms with Gasteiger partial charge in [0.2, 0.25) is 5.91 Å². The smallest absolute Gasteiger partial charge is 0.462 e. The number of hydrogen-bond donors (Lipinski definition) is 1. The maximum Gasteiger partial charge on any atom is 0.471 e. The molecule has 0 aromatic heterocycles. The number of ether oxygens (including phenoxy) is 1. The number of hydrogen-bond acceptors (Lipinski definition) is 4. The minimum absolute atomic E-state index is 0.0175. The number of likely N-dealkylation sites (tertiary alicyclic amines) is 1. The second-order valence-electron chi connectivity index (χ2n) is 5.88. The summed E-state index contributed by atoms with van der Waals surface area (Å²) in [5, 5.41) is 2.60. The van der Waals surface area contributed by atoms with Crippen molar-refractivity contribution in [2.45, 2.75) is 25.9 Å². The second-order valence-corrected chi connectivity index (χ2v) is 5.88. The highest BCUT2D eigenvalue weighted by molar-refractivity contribution is 5.94. The maximum absolute atomic E-state index is 12.5. The molecular weight excluding hydrogens is 353 g/mol. The number of rotatable bonds is 4. The molecule has 0 saturated carbocycles. The molecule has 1 saturated heterocycles. The highest BCUT2D eigenvalue weighted by Gasteiger charge is 2.44. The largest absolute Gasteiger partial charge is 0.471 e. The van der Waals surface area contributed by atoms with Gasteiger partial charge in [-0.15, -0.1) is 0 Å². The molecule has 1 aromatic rings. The van der Waals surface area contributed by atoms with Crippen LogP contribution in [0.1, 0.15) is 30.1 Å². The van der Waals surface area contributed by atoms with E-state index < -0.39 is 29.9 Å². The number of amides is 2. The highest BCUT2D eigenvalue weighted by atomic mass is 19.4. The van der Waals surface area contributed by atoms with Crippen molar-refractivity contribution in [1.29, 1.82) is 0 Å². The number of nitrogens with zero attached hydrogens (tertiary/aromatic N) is 1. The first-order valence-corrected chi connectivity index (χ1v) is 8.16. The van der Waals surface area contributed by atoms with Gasteiger partial charge in [0.15, 0.2) is 0 Å². The standard InChI is InChI=1S/C17H19F3N2O4/c1-2-26-15(24)11-5-7-13(8-6-11)21-14(23)12-4-3-9-22(10-12)16(25)17(18,19)20/h5-8,12H,2-4,9-10H2,1H3,(H,21,23). The van der Waals surface area contributed by atoms with E-state index >= 15 is 0 Å². The van der Waals surface area contributed by atoms with E-state index in [9.17, 15) is 27.6 Å². The van der Waals surface area contributed by atoms with E-state index in [0.29, 0.717) is 29.0 Å². The quantitative estimate of drug-likeness (QED) is 0.825. The number of carbonyl (C=O) groups excluding carboxylic acids is 3. The molecule has 0 bridgehead atoms. The third-order valence-electron chi connectivity index (χ3n) is 3.99. The Morgan fingerprint density at radius 2 is 1.88 bits per heavy atom. The number of alkyl halides is 3. The Kier molecular flexibility index (Phi) is 6.23. The summed E-state index contributed by atoms with van der Waals surface area (Å²) in [7, 11) is 0. The molecule has 1 N–H and O–H groups in total. The normalized spacial score (nSPS) is 17.5. The molecule has 1 atom stereocenters. The van der Waals surface area contributed by atoms with Gasteiger partial charge in [0.25, 0.3) is 0 Å². The molecule has 1 fully saturated rings. The van der Waals surface area contributed by atoms with E-state index in [2.05, 4.69) is 5.32 Å². The van der Waals surface area contributed by atoms with Crippen LogP contribution in [0.5, 0.6) is 0 Å². The van der Waals surface area contributed by atoms with Gasteiger partial charge >= 0.3 is 18.1 Å². The number of halogens is 3. The Hall–Kier alpha value is -2.58. The molecule has 26 heavy (non-hydrogen) atoms. The van der Waals surface area contributed by atoms with Crippen LogP contribution >= 0.6 is 0 Å². The van der Waals surface area contributed by atoms with E-state index in [1.54, 1.807) is 6.92 Å². The zero-order chi connectivity index (χ0) is 19.3. The molecule has 0 radical (unpaired) electrons. The van der Waals surface area contributed by atoms with Crippen molar-refractivity contribution >= 4 is 23.5 Å². The average molecular weight is 372 g/mol. The minimum Gasteiger partial charge on any atom is -0.462 e. The number of benzene rings is 1. The summed E-state index contributed by atoms with van der Waals surface area (Å²) in [6.07, 6.45) is -4.22. The van der Waals surface area contributed by atoms with Gasteiger partial charge in [0.1, 0.15) is 0 Å². The van der Waals surface area contributed by atoms with Crippen LogP contribution < -0.4 is 5.32 Å². The summed E-state index contributed by atoms with van der Waals surface area (Å²) in [6, 6.07) is 5.97. The number of esters is 1. The van der Waals surface area contributed by atoms with Crippen molar-refractivity contribution in [3.8, 4) is 0 Å². The van der Waals surface area contributed by atoms with Gasteiger partial charge in [-0.2, -0.15) is 13.2 Å². The summed E-state index contributed by atoms with van der Waals surface area (Å²) in [4.78, 5) is 35.8. The number of carbonyl (C=O) groups is 3. The number of anilines is 1. The summed E-state index contributed by atoms with van der Waals surface area (Å²) in [5.41, 5.74) is 0.729. The van der Waals surface area contributed by atoms with Gasteiger partial charge in [-0.05, 0) is 44.0 Å². The minimum atomic E-state index is -4.94. The van der Waals surface area contributed by atoms with Crippen molar-refractivity contribution in [3.05, 3.63) is 29.8 Å².